The average molecular weight is 564 g/mol. The van der Waals surface area contributed by atoms with Crippen LogP contribution in [0.1, 0.15) is 23.1 Å². The minimum Gasteiger partial charge on any atom is -0.508 e. The number of rotatable bonds is 11. The van der Waals surface area contributed by atoms with Crippen molar-refractivity contribution in [2.45, 2.75) is 18.9 Å². The highest BCUT2D eigenvalue weighted by atomic mass is 16.5. The second-order valence-electron chi connectivity index (χ2n) is 8.62. The molecule has 0 radical (unpaired) electrons. The third kappa shape index (κ3) is 10.9. The molecule has 41 heavy (non-hydrogen) atoms. The molecule has 0 aliphatic rings. The Morgan fingerprint density at radius 2 is 1.27 bits per heavy atom. The van der Waals surface area contributed by atoms with Gasteiger partial charge in [-0.3, -0.25) is 19.8 Å². The van der Waals surface area contributed by atoms with Gasteiger partial charge in [0.2, 0.25) is 0 Å². The van der Waals surface area contributed by atoms with Crippen LogP contribution >= 0.6 is 0 Å². The van der Waals surface area contributed by atoms with Crippen molar-refractivity contribution in [2.75, 3.05) is 14.2 Å². The highest BCUT2D eigenvalue weighted by molar-refractivity contribution is 6.10. The van der Waals surface area contributed by atoms with Crippen LogP contribution < -0.4 is 26.5 Å². The number of phenols is 3. The molecule has 1 amide bonds. The van der Waals surface area contributed by atoms with Crippen LogP contribution in [-0.2, 0) is 20.8 Å². The number of benzene rings is 3. The lowest BCUT2D eigenvalue weighted by molar-refractivity contribution is -0.123. The summed E-state index contributed by atoms with van der Waals surface area (Å²) in [6.07, 6.45) is 5.83. The molecule has 3 rings (SSSR count). The summed E-state index contributed by atoms with van der Waals surface area (Å²) < 4.78 is 10.00. The minimum absolute atomic E-state index is 0.00662. The van der Waals surface area contributed by atoms with E-state index in [1.54, 1.807) is 60.7 Å². The molecule has 1 atom stereocenters. The van der Waals surface area contributed by atoms with Crippen LogP contribution in [0.2, 0.25) is 0 Å². The first-order valence-electron chi connectivity index (χ1n) is 12.3. The second-order valence-corrected chi connectivity index (χ2v) is 8.62. The number of ketones is 2. The number of amides is 1. The molecule has 0 aromatic heterocycles. The fourth-order valence-electron chi connectivity index (χ4n) is 3.35. The summed E-state index contributed by atoms with van der Waals surface area (Å²) in [6.45, 7) is 0. The first-order valence-corrected chi connectivity index (χ1v) is 12.3. The zero-order valence-electron chi connectivity index (χ0n) is 22.6. The third-order valence-electron chi connectivity index (χ3n) is 5.55. The maximum atomic E-state index is 11.9. The van der Waals surface area contributed by atoms with Gasteiger partial charge in [-0.1, -0.05) is 36.4 Å². The quantitative estimate of drug-likeness (QED) is 0.0664. The number of hydrogen-bond donors (Lipinski definition) is 6. The van der Waals surface area contributed by atoms with E-state index in [0.29, 0.717) is 29.0 Å². The summed E-state index contributed by atoms with van der Waals surface area (Å²) >= 11 is 0. The van der Waals surface area contributed by atoms with Crippen molar-refractivity contribution >= 4 is 29.6 Å². The van der Waals surface area contributed by atoms with Gasteiger partial charge in [0, 0.05) is 0 Å². The van der Waals surface area contributed by atoms with Crippen molar-refractivity contribution in [3.8, 4) is 28.7 Å². The molecule has 0 aliphatic carbocycles. The molecule has 0 unspecified atom stereocenters. The maximum absolute atomic E-state index is 11.9. The van der Waals surface area contributed by atoms with E-state index in [2.05, 4.69) is 0 Å². The van der Waals surface area contributed by atoms with Crippen LogP contribution in [0.4, 0.5) is 0 Å². The van der Waals surface area contributed by atoms with Gasteiger partial charge in [0.05, 0.1) is 26.7 Å². The summed E-state index contributed by atoms with van der Waals surface area (Å²) in [5.74, 6) is 4.63. The molecule has 0 aliphatic heterocycles. The van der Waals surface area contributed by atoms with E-state index in [-0.39, 0.29) is 35.2 Å². The van der Waals surface area contributed by atoms with Crippen LogP contribution in [0.3, 0.4) is 0 Å². The molecular weight excluding hydrogens is 530 g/mol. The van der Waals surface area contributed by atoms with E-state index in [0.717, 1.165) is 5.56 Å². The van der Waals surface area contributed by atoms with E-state index >= 15 is 0 Å². The van der Waals surface area contributed by atoms with E-state index < -0.39 is 11.9 Å². The van der Waals surface area contributed by atoms with Gasteiger partial charge in [-0.2, -0.15) is 0 Å². The largest absolute Gasteiger partial charge is 0.508 e. The van der Waals surface area contributed by atoms with Crippen molar-refractivity contribution < 1.29 is 39.2 Å². The normalized spacial score (nSPS) is 11.4. The first kappa shape index (κ1) is 32.1. The second kappa shape index (κ2) is 16.1. The monoisotopic (exact) mass is 563 g/mol. The van der Waals surface area contributed by atoms with Crippen LogP contribution in [0, 0.1) is 0 Å². The van der Waals surface area contributed by atoms with Crippen molar-refractivity contribution in [1.82, 2.24) is 5.43 Å². The van der Waals surface area contributed by atoms with Crippen molar-refractivity contribution in [2.24, 2.45) is 11.6 Å². The highest BCUT2D eigenvalue weighted by Crippen LogP contribution is 2.27. The number of methoxy groups -OCH3 is 2. The number of carbonyl (C=O) groups excluding carboxylic acids is 3. The van der Waals surface area contributed by atoms with Gasteiger partial charge in [0.15, 0.2) is 34.6 Å². The number of nitrogens with one attached hydrogen (secondary N) is 1. The number of hydrazine groups is 1. The Hall–Kier alpha value is -5.13. The van der Waals surface area contributed by atoms with Crippen LogP contribution in [-0.4, -0.2) is 53.1 Å². The Morgan fingerprint density at radius 1 is 0.805 bits per heavy atom. The van der Waals surface area contributed by atoms with Crippen LogP contribution in [0.5, 0.6) is 28.7 Å². The number of nitrogens with two attached hydrogens (primary N) is 2. The Labute approximate surface area is 237 Å². The molecule has 11 nitrogen and oxygen atoms in total. The standard InChI is InChI=1S/C21H20O6.C9H13N3O2/c1-26-20-11-14(5-9-18(20)24)3-7-16(22)13-17(23)8-4-15-6-10-19(25)21(12-15)27-2;10-8(9(14)12-11)5-6-1-3-7(13)4-2-6/h3-12,24-25H,13H2,1-2H3;1-4,8,13H,5,10-11H2,(H,12,14)/t;8-/m.0/s1. The van der Waals surface area contributed by atoms with Gasteiger partial charge in [-0.25, -0.2) is 5.84 Å². The van der Waals surface area contributed by atoms with E-state index in [1.807, 2.05) is 5.43 Å². The molecular formula is C30H33N3O8. The molecule has 0 saturated carbocycles. The van der Waals surface area contributed by atoms with Gasteiger partial charge in [-0.05, 0) is 71.7 Å². The van der Waals surface area contributed by atoms with Crippen LogP contribution in [0.25, 0.3) is 12.2 Å². The molecule has 3 aromatic carbocycles. The Morgan fingerprint density at radius 3 is 1.68 bits per heavy atom. The number of aromatic hydroxyl groups is 3. The van der Waals surface area contributed by atoms with Gasteiger partial charge >= 0.3 is 0 Å². The number of carbonyl (C=O) groups is 3. The van der Waals surface area contributed by atoms with Crippen LogP contribution in [0.15, 0.2) is 72.8 Å². The fraction of sp³-hybridized carbons (Fsp3) is 0.167. The minimum atomic E-state index is -0.662. The molecule has 3 aromatic rings. The molecule has 0 spiro atoms. The number of hydrogen-bond acceptors (Lipinski definition) is 10. The van der Waals surface area contributed by atoms with Crippen molar-refractivity contribution in [3.63, 3.8) is 0 Å². The predicted octanol–water partition coefficient (Wildman–Crippen LogP) is 2.62. The summed E-state index contributed by atoms with van der Waals surface area (Å²) in [5, 5.41) is 28.1. The van der Waals surface area contributed by atoms with Crippen molar-refractivity contribution in [1.29, 1.82) is 0 Å². The number of allylic oxidation sites excluding steroid dienone is 2. The van der Waals surface area contributed by atoms with E-state index in [4.69, 9.17) is 26.2 Å². The zero-order chi connectivity index (χ0) is 30.4. The predicted molar refractivity (Wildman–Crippen MR) is 154 cm³/mol. The van der Waals surface area contributed by atoms with Gasteiger partial charge in [-0.15, -0.1) is 0 Å². The molecule has 0 saturated heterocycles. The van der Waals surface area contributed by atoms with Gasteiger partial charge < -0.3 is 30.5 Å². The maximum Gasteiger partial charge on any atom is 0.251 e. The summed E-state index contributed by atoms with van der Waals surface area (Å²) in [6, 6.07) is 15.2. The molecule has 8 N–H and O–H groups in total. The Bertz CT molecular complexity index is 1330. The van der Waals surface area contributed by atoms with Gasteiger partial charge in [0.1, 0.15) is 5.75 Å². The fourth-order valence-corrected chi connectivity index (χ4v) is 3.35. The average Bonchev–Trinajstić information content (AvgIpc) is 2.97. The highest BCUT2D eigenvalue weighted by Gasteiger charge is 2.12. The van der Waals surface area contributed by atoms with Gasteiger partial charge in [0.25, 0.3) is 5.91 Å². The summed E-state index contributed by atoms with van der Waals surface area (Å²) in [4.78, 5) is 34.8. The van der Waals surface area contributed by atoms with Crippen molar-refractivity contribution in [3.05, 3.63) is 89.5 Å². The summed E-state index contributed by atoms with van der Waals surface area (Å²) in [7, 11) is 2.87. The molecule has 0 heterocycles. The Kier molecular flexibility index (Phi) is 12.6. The lowest BCUT2D eigenvalue weighted by Gasteiger charge is -2.09. The van der Waals surface area contributed by atoms with E-state index in [9.17, 15) is 24.6 Å². The first-order chi connectivity index (χ1) is 19.6. The lowest BCUT2D eigenvalue weighted by Crippen LogP contribution is -2.45. The summed E-state index contributed by atoms with van der Waals surface area (Å²) in [5.41, 5.74) is 9.73. The lowest BCUT2D eigenvalue weighted by atomic mass is 10.1. The molecule has 11 heteroatoms. The zero-order valence-corrected chi connectivity index (χ0v) is 22.6. The SMILES string of the molecule is COc1cc(C=CC(=O)CC(=O)C=Cc2ccc(O)c(OC)c2)ccc1O.NNC(=O)[C@@H](N)Cc1ccc(O)cc1. The topological polar surface area (TPSA) is 194 Å². The molecule has 0 fully saturated rings. The molecule has 216 valence electrons. The smallest absolute Gasteiger partial charge is 0.251 e. The van der Waals surface area contributed by atoms with E-state index in [1.165, 1.54) is 38.5 Å². The number of ether oxygens (including phenoxy) is 2. The molecule has 0 bridgehead atoms. The number of phenolic OH excluding ortho intramolecular Hbond substituents is 3. The Balaban J connectivity index is 0.000000353. The third-order valence-corrected chi connectivity index (χ3v) is 5.55.